The number of methoxy groups -OCH3 is 1. The normalized spacial score (nSPS) is 20.4. The van der Waals surface area contributed by atoms with Gasteiger partial charge in [0, 0.05) is 12.3 Å². The van der Waals surface area contributed by atoms with E-state index in [-0.39, 0.29) is 17.8 Å². The molecule has 5 atom stereocenters. The molecule has 1 fully saturated rings. The third-order valence-corrected chi connectivity index (χ3v) is 14.7. The molecular weight excluding hydrogens is 647 g/mol. The lowest BCUT2D eigenvalue weighted by atomic mass is 9.80. The highest BCUT2D eigenvalue weighted by molar-refractivity contribution is 7.36. The Morgan fingerprint density at radius 2 is 1.46 bits per heavy atom. The third-order valence-electron chi connectivity index (χ3n) is 9.54. The van der Waals surface area contributed by atoms with E-state index in [9.17, 15) is 19.0 Å². The molecule has 1 saturated heterocycles. The van der Waals surface area contributed by atoms with Crippen LogP contribution >= 0.6 is 8.03 Å². The Hall–Kier alpha value is -3.70. The molecule has 0 saturated carbocycles. The second-order valence-electron chi connectivity index (χ2n) is 13.6. The lowest BCUT2D eigenvalue weighted by Gasteiger charge is -2.40. The Kier molecular flexibility index (Phi) is 10.7. The molecule has 254 valence electrons. The maximum atomic E-state index is 13.1. The van der Waals surface area contributed by atoms with Gasteiger partial charge in [0.1, 0.15) is 11.4 Å². The SMILES string of the molecule is COc1ccc(C(OC[C@H]2O[C@@H](n3ccc(=O)[nH]c3=O)[C@H](O[Si](C)(C)C(C)(C)C)[C@@H]2C[P+](=O)[O-])(c2ccccc2)c2ccccc2)cc1. The van der Waals surface area contributed by atoms with E-state index in [4.69, 9.17) is 18.6 Å². The summed E-state index contributed by atoms with van der Waals surface area (Å²) < 4.78 is 39.8. The molecule has 0 spiro atoms. The molecule has 10 nitrogen and oxygen atoms in total. The molecule has 0 amide bonds. The zero-order valence-electron chi connectivity index (χ0n) is 28.1. The monoisotopic (exact) mass is 690 g/mol. The lowest BCUT2D eigenvalue weighted by molar-refractivity contribution is -0.165. The van der Waals surface area contributed by atoms with E-state index in [1.54, 1.807) is 7.11 Å². The van der Waals surface area contributed by atoms with Crippen molar-refractivity contribution in [2.75, 3.05) is 19.9 Å². The molecule has 4 aromatic rings. The van der Waals surface area contributed by atoms with Crippen LogP contribution in [0.25, 0.3) is 0 Å². The molecule has 0 aliphatic carbocycles. The zero-order chi connectivity index (χ0) is 34.7. The summed E-state index contributed by atoms with van der Waals surface area (Å²) >= 11 is 0. The van der Waals surface area contributed by atoms with Crippen LogP contribution < -0.4 is 20.9 Å². The number of hydrogen-bond donors (Lipinski definition) is 1. The lowest BCUT2D eigenvalue weighted by Crippen LogP contribution is -2.49. The van der Waals surface area contributed by atoms with Crippen molar-refractivity contribution >= 4 is 16.3 Å². The number of benzene rings is 3. The number of ether oxygens (including phenoxy) is 3. The van der Waals surface area contributed by atoms with Crippen molar-refractivity contribution in [1.82, 2.24) is 9.55 Å². The highest BCUT2D eigenvalue weighted by atomic mass is 31.1. The van der Waals surface area contributed by atoms with Gasteiger partial charge in [-0.05, 0) is 47.0 Å². The van der Waals surface area contributed by atoms with Crippen LogP contribution in [-0.4, -0.2) is 50.0 Å². The van der Waals surface area contributed by atoms with E-state index in [0.29, 0.717) is 5.75 Å². The van der Waals surface area contributed by atoms with Crippen LogP contribution in [-0.2, 0) is 24.1 Å². The van der Waals surface area contributed by atoms with Crippen LogP contribution in [0, 0.1) is 5.92 Å². The van der Waals surface area contributed by atoms with E-state index < -0.39 is 57.5 Å². The van der Waals surface area contributed by atoms with Crippen LogP contribution in [0.5, 0.6) is 5.75 Å². The second kappa shape index (κ2) is 14.4. The number of aromatic nitrogens is 2. The molecule has 1 aliphatic rings. The first-order valence-corrected chi connectivity index (χ1v) is 20.2. The summed E-state index contributed by atoms with van der Waals surface area (Å²) in [7, 11) is -3.80. The largest absolute Gasteiger partial charge is 0.596 e. The molecule has 12 heteroatoms. The quantitative estimate of drug-likeness (QED) is 0.116. The minimum Gasteiger partial charge on any atom is -0.596 e. The predicted molar refractivity (Wildman–Crippen MR) is 185 cm³/mol. The molecule has 5 rings (SSSR count). The van der Waals surface area contributed by atoms with Gasteiger partial charge in [0.05, 0.1) is 31.8 Å². The standard InChI is InChI=1S/C36H43N2O8PSi/c1-35(2,3)48(5,6)46-32-29(24-47(41)42)30(45-33(32)38-22-21-31(39)37-34(38)40)23-44-36(25-13-9-7-10-14-25,26-15-11-8-12-16-26)27-17-19-28(43-4)20-18-27/h7-22,29-30,32-33H,23-24H2,1-6H3,(H,37,39,40)/t29-,30-,32-,33-/m1/s1. The number of H-pyrrole nitrogens is 1. The molecule has 1 aliphatic heterocycles. The Morgan fingerprint density at radius 3 is 1.96 bits per heavy atom. The topological polar surface area (TPSA) is 132 Å². The minimum atomic E-state index is -2.87. The third kappa shape index (κ3) is 7.32. The van der Waals surface area contributed by atoms with Crippen molar-refractivity contribution in [2.24, 2.45) is 5.92 Å². The van der Waals surface area contributed by atoms with Gasteiger partial charge in [-0.25, -0.2) is 4.79 Å². The molecule has 1 aromatic heterocycles. The predicted octanol–water partition coefficient (Wildman–Crippen LogP) is 5.56. The fourth-order valence-corrected chi connectivity index (χ4v) is 8.09. The van der Waals surface area contributed by atoms with Gasteiger partial charge in [0.25, 0.3) is 5.56 Å². The molecule has 1 N–H and O–H groups in total. The van der Waals surface area contributed by atoms with E-state index in [0.717, 1.165) is 16.7 Å². The van der Waals surface area contributed by atoms with Crippen LogP contribution in [0.1, 0.15) is 43.7 Å². The maximum absolute atomic E-state index is 13.1. The summed E-state index contributed by atoms with van der Waals surface area (Å²) in [5, 5.41) is -0.226. The van der Waals surface area contributed by atoms with Gasteiger partial charge in [-0.1, -0.05) is 98.1 Å². The van der Waals surface area contributed by atoms with Crippen molar-refractivity contribution in [3.8, 4) is 5.75 Å². The Bertz CT molecular complexity index is 1770. The van der Waals surface area contributed by atoms with Gasteiger partial charge in [0.15, 0.2) is 20.7 Å². The number of nitrogens with one attached hydrogen (secondary N) is 1. The van der Waals surface area contributed by atoms with Gasteiger partial charge >= 0.3 is 13.7 Å². The van der Waals surface area contributed by atoms with Crippen LogP contribution in [0.15, 0.2) is 107 Å². The Labute approximate surface area is 282 Å². The molecule has 2 heterocycles. The molecular formula is C36H43N2O8PSi. The number of nitrogens with zero attached hydrogens (tertiary/aromatic N) is 1. The highest BCUT2D eigenvalue weighted by Crippen LogP contribution is 2.47. The number of hydrogen-bond acceptors (Lipinski definition) is 8. The first-order chi connectivity index (χ1) is 22.8. The average molecular weight is 691 g/mol. The van der Waals surface area contributed by atoms with Gasteiger partial charge < -0.3 is 23.5 Å². The summed E-state index contributed by atoms with van der Waals surface area (Å²) in [6.45, 7) is 10.3. The van der Waals surface area contributed by atoms with Crippen molar-refractivity contribution in [2.45, 2.75) is 62.9 Å². The van der Waals surface area contributed by atoms with Crippen molar-refractivity contribution in [3.63, 3.8) is 0 Å². The van der Waals surface area contributed by atoms with E-state index >= 15 is 0 Å². The molecule has 0 radical (unpaired) electrons. The van der Waals surface area contributed by atoms with E-state index in [1.807, 2.05) is 84.9 Å². The fraction of sp³-hybridized carbons (Fsp3) is 0.389. The first-order valence-electron chi connectivity index (χ1n) is 15.9. The van der Waals surface area contributed by atoms with Gasteiger partial charge in [0.2, 0.25) is 0 Å². The van der Waals surface area contributed by atoms with E-state index in [2.05, 4.69) is 38.8 Å². The minimum absolute atomic E-state index is 0.0460. The van der Waals surface area contributed by atoms with Gasteiger partial charge in [-0.2, -0.15) is 0 Å². The zero-order valence-corrected chi connectivity index (χ0v) is 30.0. The fourth-order valence-electron chi connectivity index (χ4n) is 5.98. The maximum Gasteiger partial charge on any atom is 0.330 e. The Balaban J connectivity index is 1.64. The van der Waals surface area contributed by atoms with Crippen molar-refractivity contribution in [3.05, 3.63) is 135 Å². The number of rotatable bonds is 12. The summed E-state index contributed by atoms with van der Waals surface area (Å²) in [6.07, 6.45) is -1.52. The van der Waals surface area contributed by atoms with Gasteiger partial charge in [-0.3, -0.25) is 14.3 Å². The average Bonchev–Trinajstić information content (AvgIpc) is 3.37. The summed E-state index contributed by atoms with van der Waals surface area (Å²) in [6, 6.07) is 28.5. The first kappa shape index (κ1) is 35.6. The summed E-state index contributed by atoms with van der Waals surface area (Å²) in [5.41, 5.74) is 0.175. The molecule has 0 bridgehead atoms. The summed E-state index contributed by atoms with van der Waals surface area (Å²) in [4.78, 5) is 39.9. The van der Waals surface area contributed by atoms with Crippen molar-refractivity contribution < 1.29 is 28.1 Å². The molecule has 1 unspecified atom stereocenters. The molecule has 3 aromatic carbocycles. The highest BCUT2D eigenvalue weighted by Gasteiger charge is 2.53. The van der Waals surface area contributed by atoms with Crippen LogP contribution in [0.2, 0.25) is 18.1 Å². The smallest absolute Gasteiger partial charge is 0.330 e. The molecule has 48 heavy (non-hydrogen) atoms. The van der Waals surface area contributed by atoms with Crippen LogP contribution in [0.4, 0.5) is 0 Å². The van der Waals surface area contributed by atoms with Crippen molar-refractivity contribution in [1.29, 1.82) is 0 Å². The Morgan fingerprint density at radius 1 is 0.896 bits per heavy atom. The summed E-state index contributed by atoms with van der Waals surface area (Å²) in [5.74, 6) is -0.00352. The van der Waals surface area contributed by atoms with Gasteiger partial charge in [-0.15, -0.1) is 0 Å². The van der Waals surface area contributed by atoms with Crippen LogP contribution in [0.3, 0.4) is 0 Å². The number of aromatic amines is 1. The second-order valence-corrected chi connectivity index (χ2v) is 19.3. The van der Waals surface area contributed by atoms with E-state index in [1.165, 1.54) is 16.8 Å².